The molecule has 0 amide bonds. The van der Waals surface area contributed by atoms with Crippen molar-refractivity contribution in [3.63, 3.8) is 0 Å². The second kappa shape index (κ2) is 6.77. The molecule has 0 aromatic rings. The average molecular weight is 345 g/mol. The number of carbonyl (C=O) groups is 2. The van der Waals surface area contributed by atoms with E-state index >= 15 is 0 Å². The number of piperidine rings is 1. The largest absolute Gasteiger partial charge is 0.466 e. The maximum absolute atomic E-state index is 13.0. The fourth-order valence-electron chi connectivity index (χ4n) is 6.31. The summed E-state index contributed by atoms with van der Waals surface area (Å²) < 4.78 is 5.12. The van der Waals surface area contributed by atoms with Crippen molar-refractivity contribution in [2.45, 2.75) is 58.3 Å². The number of hydrogen-bond acceptors (Lipinski definition) is 4. The van der Waals surface area contributed by atoms with Gasteiger partial charge in [-0.05, 0) is 82.1 Å². The number of likely N-dealkylation sites (tertiary alicyclic amines) is 1. The van der Waals surface area contributed by atoms with Gasteiger partial charge in [0, 0.05) is 24.7 Å². The zero-order valence-corrected chi connectivity index (χ0v) is 15.4. The van der Waals surface area contributed by atoms with Crippen LogP contribution in [-0.2, 0) is 14.3 Å². The number of ketones is 1. The molecule has 4 bridgehead atoms. The number of esters is 1. The number of rotatable bonds is 5. The molecule has 0 atom stereocenters. The zero-order valence-electron chi connectivity index (χ0n) is 15.4. The van der Waals surface area contributed by atoms with E-state index in [0.29, 0.717) is 12.4 Å². The molecule has 0 radical (unpaired) electrons. The molecule has 4 saturated carbocycles. The molecule has 0 N–H and O–H groups in total. The Balaban J connectivity index is 1.32. The van der Waals surface area contributed by atoms with Gasteiger partial charge in [0.2, 0.25) is 0 Å². The molecular weight excluding hydrogens is 314 g/mol. The summed E-state index contributed by atoms with van der Waals surface area (Å²) >= 11 is 0. The monoisotopic (exact) mass is 345 g/mol. The fraction of sp³-hybridized carbons (Fsp3) is 0.810. The molecule has 4 heteroatoms. The summed E-state index contributed by atoms with van der Waals surface area (Å²) in [6, 6.07) is 0. The smallest absolute Gasteiger partial charge is 0.309 e. The summed E-state index contributed by atoms with van der Waals surface area (Å²) in [7, 11) is 0. The first-order chi connectivity index (χ1) is 12.1. The molecule has 0 unspecified atom stereocenters. The van der Waals surface area contributed by atoms with E-state index < -0.39 is 0 Å². The second-order valence-electron chi connectivity index (χ2n) is 8.94. The van der Waals surface area contributed by atoms with Crippen LogP contribution in [0.1, 0.15) is 58.3 Å². The van der Waals surface area contributed by atoms with Crippen molar-refractivity contribution >= 4 is 11.8 Å². The minimum Gasteiger partial charge on any atom is -0.466 e. The van der Waals surface area contributed by atoms with Crippen LogP contribution >= 0.6 is 0 Å². The third-order valence-corrected chi connectivity index (χ3v) is 7.15. The first kappa shape index (κ1) is 17.1. The van der Waals surface area contributed by atoms with Crippen LogP contribution in [0.3, 0.4) is 0 Å². The lowest BCUT2D eigenvalue weighted by atomic mass is 9.48. The SMILES string of the molecule is CCOC(=O)C1CCN(C=CC(=O)C23CC4CC(CC(C4)C2)C3)CC1. The predicted octanol–water partition coefficient (Wildman–Crippen LogP) is 3.56. The Bertz CT molecular complexity index is 524. The van der Waals surface area contributed by atoms with Crippen LogP contribution in [0.2, 0.25) is 0 Å². The molecule has 4 aliphatic carbocycles. The third-order valence-electron chi connectivity index (χ3n) is 7.15. The van der Waals surface area contributed by atoms with E-state index in [1.165, 1.54) is 19.3 Å². The normalized spacial score (nSPS) is 37.6. The van der Waals surface area contributed by atoms with Gasteiger partial charge in [0.1, 0.15) is 0 Å². The van der Waals surface area contributed by atoms with Crippen LogP contribution in [0, 0.1) is 29.1 Å². The van der Waals surface area contributed by atoms with Gasteiger partial charge in [-0.25, -0.2) is 0 Å². The van der Waals surface area contributed by atoms with Crippen LogP contribution in [0.5, 0.6) is 0 Å². The number of hydrogen-bond donors (Lipinski definition) is 0. The van der Waals surface area contributed by atoms with Gasteiger partial charge in [-0.3, -0.25) is 9.59 Å². The quantitative estimate of drug-likeness (QED) is 0.565. The number of nitrogens with zero attached hydrogens (tertiary/aromatic N) is 1. The summed E-state index contributed by atoms with van der Waals surface area (Å²) in [5.74, 6) is 2.77. The van der Waals surface area contributed by atoms with Crippen LogP contribution in [0.25, 0.3) is 0 Å². The van der Waals surface area contributed by atoms with Crippen LogP contribution in [0.15, 0.2) is 12.3 Å². The maximum Gasteiger partial charge on any atom is 0.309 e. The lowest BCUT2D eigenvalue weighted by Crippen LogP contribution is -2.49. The first-order valence-electron chi connectivity index (χ1n) is 10.2. The highest BCUT2D eigenvalue weighted by molar-refractivity contribution is 5.95. The highest BCUT2D eigenvalue weighted by Crippen LogP contribution is 2.60. The van der Waals surface area contributed by atoms with E-state index in [2.05, 4.69) is 4.90 Å². The minimum absolute atomic E-state index is 0.0310. The molecule has 1 aliphatic heterocycles. The second-order valence-corrected chi connectivity index (χ2v) is 8.94. The standard InChI is InChI=1S/C21H31NO3/c1-2-25-20(24)18-3-6-22(7-4-18)8-5-19(23)21-12-15-9-16(13-21)11-17(10-15)14-21/h5,8,15-18H,2-4,6-7,9-14H2,1H3. The molecule has 0 aromatic heterocycles. The molecule has 1 heterocycles. The molecule has 138 valence electrons. The molecule has 5 fully saturated rings. The van der Waals surface area contributed by atoms with E-state index in [1.807, 2.05) is 19.2 Å². The molecule has 0 aromatic carbocycles. The molecule has 0 spiro atoms. The summed E-state index contributed by atoms with van der Waals surface area (Å²) in [5, 5.41) is 0. The summed E-state index contributed by atoms with van der Waals surface area (Å²) in [5.41, 5.74) is -0.0332. The van der Waals surface area contributed by atoms with Crippen molar-refractivity contribution in [2.75, 3.05) is 19.7 Å². The average Bonchev–Trinajstić information content (AvgIpc) is 2.59. The van der Waals surface area contributed by atoms with Crippen molar-refractivity contribution in [1.82, 2.24) is 4.90 Å². The number of ether oxygens (including phenoxy) is 1. The topological polar surface area (TPSA) is 46.6 Å². The van der Waals surface area contributed by atoms with Gasteiger partial charge in [-0.15, -0.1) is 0 Å². The molecular formula is C21H31NO3. The lowest BCUT2D eigenvalue weighted by molar-refractivity contribution is -0.149. The van der Waals surface area contributed by atoms with E-state index in [4.69, 9.17) is 4.74 Å². The van der Waals surface area contributed by atoms with E-state index in [9.17, 15) is 9.59 Å². The Kier molecular flexibility index (Phi) is 4.63. The minimum atomic E-state index is -0.0595. The van der Waals surface area contributed by atoms with Gasteiger partial charge < -0.3 is 9.64 Å². The van der Waals surface area contributed by atoms with E-state index in [1.54, 1.807) is 0 Å². The van der Waals surface area contributed by atoms with Crippen molar-refractivity contribution in [1.29, 1.82) is 0 Å². The summed E-state index contributed by atoms with van der Waals surface area (Å²) in [4.78, 5) is 27.0. The fourth-order valence-corrected chi connectivity index (χ4v) is 6.31. The zero-order chi connectivity index (χ0) is 17.4. The van der Waals surface area contributed by atoms with Gasteiger partial charge in [0.25, 0.3) is 0 Å². The van der Waals surface area contributed by atoms with Crippen molar-refractivity contribution in [2.24, 2.45) is 29.1 Å². The summed E-state index contributed by atoms with van der Waals surface area (Å²) in [6.45, 7) is 3.99. The summed E-state index contributed by atoms with van der Waals surface area (Å²) in [6.07, 6.45) is 13.0. The van der Waals surface area contributed by atoms with Crippen molar-refractivity contribution in [3.8, 4) is 0 Å². The Hall–Kier alpha value is -1.32. The highest BCUT2D eigenvalue weighted by Gasteiger charge is 2.53. The maximum atomic E-state index is 13.0. The predicted molar refractivity (Wildman–Crippen MR) is 95.7 cm³/mol. The highest BCUT2D eigenvalue weighted by atomic mass is 16.5. The molecule has 25 heavy (non-hydrogen) atoms. The van der Waals surface area contributed by atoms with E-state index in [0.717, 1.165) is 62.9 Å². The Morgan fingerprint density at radius 2 is 1.60 bits per heavy atom. The third kappa shape index (κ3) is 3.37. The van der Waals surface area contributed by atoms with Gasteiger partial charge in [0.05, 0.1) is 12.5 Å². The Morgan fingerprint density at radius 1 is 1.04 bits per heavy atom. The Morgan fingerprint density at radius 3 is 2.12 bits per heavy atom. The van der Waals surface area contributed by atoms with Crippen LogP contribution < -0.4 is 0 Å². The van der Waals surface area contributed by atoms with Crippen LogP contribution in [-0.4, -0.2) is 36.3 Å². The van der Waals surface area contributed by atoms with Gasteiger partial charge in [-0.2, -0.15) is 0 Å². The van der Waals surface area contributed by atoms with E-state index in [-0.39, 0.29) is 17.3 Å². The van der Waals surface area contributed by atoms with Gasteiger partial charge >= 0.3 is 5.97 Å². The molecule has 1 saturated heterocycles. The number of carbonyl (C=O) groups excluding carboxylic acids is 2. The number of allylic oxidation sites excluding steroid dienone is 1. The van der Waals surface area contributed by atoms with Gasteiger partial charge in [0.15, 0.2) is 5.78 Å². The van der Waals surface area contributed by atoms with Crippen molar-refractivity contribution < 1.29 is 14.3 Å². The lowest BCUT2D eigenvalue weighted by Gasteiger charge is -2.55. The van der Waals surface area contributed by atoms with Crippen LogP contribution in [0.4, 0.5) is 0 Å². The molecule has 5 aliphatic rings. The van der Waals surface area contributed by atoms with Crippen molar-refractivity contribution in [3.05, 3.63) is 12.3 Å². The van der Waals surface area contributed by atoms with Gasteiger partial charge in [-0.1, -0.05) is 0 Å². The first-order valence-corrected chi connectivity index (χ1v) is 10.2. The molecule has 4 nitrogen and oxygen atoms in total. The molecule has 5 rings (SSSR count). The Labute approximate surface area is 151 Å².